The number of aliphatic imine (C=N–C) groups is 1. The third-order valence-corrected chi connectivity index (χ3v) is 4.12. The quantitative estimate of drug-likeness (QED) is 0.633. The van der Waals surface area contributed by atoms with Crippen LogP contribution in [0.1, 0.15) is 37.5 Å². The summed E-state index contributed by atoms with van der Waals surface area (Å²) in [6, 6.07) is 4.30. The third kappa shape index (κ3) is 4.69. The van der Waals surface area contributed by atoms with E-state index in [-0.39, 0.29) is 0 Å². The van der Waals surface area contributed by atoms with Crippen LogP contribution in [-0.4, -0.2) is 38.0 Å². The lowest BCUT2D eigenvalue weighted by molar-refractivity contribution is 0.462. The van der Waals surface area contributed by atoms with Gasteiger partial charge in [-0.25, -0.2) is 0 Å². The van der Waals surface area contributed by atoms with Crippen LogP contribution in [-0.2, 0) is 0 Å². The second kappa shape index (κ2) is 8.14. The maximum Gasteiger partial charge on any atom is 0.193 e. The topological polar surface area (TPSA) is 27.6 Å². The van der Waals surface area contributed by atoms with Crippen molar-refractivity contribution in [1.29, 1.82) is 0 Å². The van der Waals surface area contributed by atoms with Crippen molar-refractivity contribution >= 4 is 17.3 Å². The van der Waals surface area contributed by atoms with Crippen molar-refractivity contribution < 1.29 is 0 Å². The minimum atomic E-state index is 0.529. The van der Waals surface area contributed by atoms with Gasteiger partial charge in [0.2, 0.25) is 0 Å². The molecule has 0 fully saturated rings. The largest absolute Gasteiger partial charge is 0.356 e. The average molecular weight is 267 g/mol. The van der Waals surface area contributed by atoms with Crippen molar-refractivity contribution in [3.8, 4) is 0 Å². The first kappa shape index (κ1) is 15.0. The number of nitrogens with zero attached hydrogens (tertiary/aromatic N) is 2. The number of unbranched alkanes of at least 4 members (excludes halogenated alkanes) is 1. The SMILES string of the molecule is CCCCN(C)C(=NC)NCC(C)c1cccs1. The summed E-state index contributed by atoms with van der Waals surface area (Å²) in [7, 11) is 3.95. The maximum atomic E-state index is 4.33. The molecule has 1 aromatic heterocycles. The highest BCUT2D eigenvalue weighted by atomic mass is 32.1. The van der Waals surface area contributed by atoms with E-state index in [1.807, 2.05) is 18.4 Å². The molecule has 0 saturated heterocycles. The van der Waals surface area contributed by atoms with E-state index in [2.05, 4.69) is 53.6 Å². The van der Waals surface area contributed by atoms with Gasteiger partial charge in [0.15, 0.2) is 5.96 Å². The zero-order valence-corrected chi connectivity index (χ0v) is 12.8. The highest BCUT2D eigenvalue weighted by Crippen LogP contribution is 2.19. The van der Waals surface area contributed by atoms with Crippen LogP contribution >= 0.6 is 11.3 Å². The Hall–Kier alpha value is -1.03. The van der Waals surface area contributed by atoms with Gasteiger partial charge >= 0.3 is 0 Å². The lowest BCUT2D eigenvalue weighted by Crippen LogP contribution is -2.40. The van der Waals surface area contributed by atoms with Crippen molar-refractivity contribution in [3.63, 3.8) is 0 Å². The molecular weight excluding hydrogens is 242 g/mol. The predicted octanol–water partition coefficient (Wildman–Crippen LogP) is 3.16. The van der Waals surface area contributed by atoms with E-state index in [1.54, 1.807) is 0 Å². The Labute approximate surface area is 115 Å². The number of nitrogens with one attached hydrogen (secondary N) is 1. The van der Waals surface area contributed by atoms with Gasteiger partial charge in [-0.1, -0.05) is 26.3 Å². The molecular formula is C14H25N3S. The summed E-state index contributed by atoms with van der Waals surface area (Å²) in [5, 5.41) is 5.58. The Balaban J connectivity index is 2.40. The Morgan fingerprint density at radius 3 is 2.89 bits per heavy atom. The molecule has 1 unspecified atom stereocenters. The number of thiophene rings is 1. The van der Waals surface area contributed by atoms with E-state index in [0.717, 1.165) is 19.0 Å². The van der Waals surface area contributed by atoms with Crippen LogP contribution in [0.3, 0.4) is 0 Å². The molecule has 1 N–H and O–H groups in total. The summed E-state index contributed by atoms with van der Waals surface area (Å²) in [4.78, 5) is 7.95. The van der Waals surface area contributed by atoms with E-state index in [9.17, 15) is 0 Å². The zero-order valence-electron chi connectivity index (χ0n) is 11.9. The van der Waals surface area contributed by atoms with Crippen molar-refractivity contribution in [3.05, 3.63) is 22.4 Å². The first-order valence-corrected chi connectivity index (χ1v) is 7.52. The summed E-state index contributed by atoms with van der Waals surface area (Å²) < 4.78 is 0. The summed E-state index contributed by atoms with van der Waals surface area (Å²) in [5.74, 6) is 1.52. The molecule has 1 atom stereocenters. The van der Waals surface area contributed by atoms with Gasteiger partial charge in [-0.2, -0.15) is 0 Å². The van der Waals surface area contributed by atoms with Crippen molar-refractivity contribution in [2.24, 2.45) is 4.99 Å². The number of guanidine groups is 1. The van der Waals surface area contributed by atoms with Crippen molar-refractivity contribution in [1.82, 2.24) is 10.2 Å². The van der Waals surface area contributed by atoms with Gasteiger partial charge in [-0.3, -0.25) is 4.99 Å². The van der Waals surface area contributed by atoms with E-state index in [4.69, 9.17) is 0 Å². The molecule has 0 radical (unpaired) electrons. The highest BCUT2D eigenvalue weighted by molar-refractivity contribution is 7.10. The monoisotopic (exact) mass is 267 g/mol. The van der Waals surface area contributed by atoms with Crippen LogP contribution in [0.15, 0.2) is 22.5 Å². The zero-order chi connectivity index (χ0) is 13.4. The van der Waals surface area contributed by atoms with Crippen molar-refractivity contribution in [2.75, 3.05) is 27.2 Å². The summed E-state index contributed by atoms with van der Waals surface area (Å²) in [6.07, 6.45) is 2.42. The molecule has 4 heteroatoms. The van der Waals surface area contributed by atoms with E-state index < -0.39 is 0 Å². The summed E-state index contributed by atoms with van der Waals surface area (Å²) in [5.41, 5.74) is 0. The Morgan fingerprint density at radius 2 is 2.33 bits per heavy atom. The molecule has 0 aromatic carbocycles. The standard InChI is InChI=1S/C14H25N3S/c1-5-6-9-17(4)14(15-3)16-11-12(2)13-8-7-10-18-13/h7-8,10,12H,5-6,9,11H2,1-4H3,(H,15,16). The molecule has 18 heavy (non-hydrogen) atoms. The second-order valence-corrected chi connectivity index (χ2v) is 5.60. The summed E-state index contributed by atoms with van der Waals surface area (Å²) in [6.45, 7) is 6.45. The first-order valence-electron chi connectivity index (χ1n) is 6.64. The molecule has 102 valence electrons. The first-order chi connectivity index (χ1) is 8.69. The average Bonchev–Trinajstić information content (AvgIpc) is 2.90. The molecule has 1 rings (SSSR count). The number of rotatable bonds is 6. The fourth-order valence-corrected chi connectivity index (χ4v) is 2.59. The maximum absolute atomic E-state index is 4.33. The van der Waals surface area contributed by atoms with Gasteiger partial charge in [-0.15, -0.1) is 11.3 Å². The molecule has 0 spiro atoms. The lowest BCUT2D eigenvalue weighted by atomic mass is 10.1. The van der Waals surface area contributed by atoms with Crippen LogP contribution in [0.5, 0.6) is 0 Å². The predicted molar refractivity (Wildman–Crippen MR) is 81.6 cm³/mol. The van der Waals surface area contributed by atoms with Crippen LogP contribution in [0.2, 0.25) is 0 Å². The Morgan fingerprint density at radius 1 is 1.56 bits per heavy atom. The molecule has 0 aliphatic carbocycles. The lowest BCUT2D eigenvalue weighted by Gasteiger charge is -2.23. The number of hydrogen-bond acceptors (Lipinski definition) is 2. The fourth-order valence-electron chi connectivity index (χ4n) is 1.80. The fraction of sp³-hybridized carbons (Fsp3) is 0.643. The molecule has 1 aromatic rings. The number of hydrogen-bond donors (Lipinski definition) is 1. The molecule has 0 aliphatic heterocycles. The van der Waals surface area contributed by atoms with Gasteiger partial charge in [-0.05, 0) is 17.9 Å². The molecule has 3 nitrogen and oxygen atoms in total. The molecule has 0 saturated carbocycles. The normalized spacial score (nSPS) is 13.4. The van der Waals surface area contributed by atoms with E-state index in [1.165, 1.54) is 17.7 Å². The molecule has 1 heterocycles. The van der Waals surface area contributed by atoms with Crippen molar-refractivity contribution in [2.45, 2.75) is 32.6 Å². The van der Waals surface area contributed by atoms with Crippen LogP contribution in [0.25, 0.3) is 0 Å². The van der Waals surface area contributed by atoms with E-state index in [0.29, 0.717) is 5.92 Å². The van der Waals surface area contributed by atoms with E-state index >= 15 is 0 Å². The molecule has 0 amide bonds. The smallest absolute Gasteiger partial charge is 0.193 e. The van der Waals surface area contributed by atoms with Gasteiger partial charge in [0, 0.05) is 38.0 Å². The Bertz CT molecular complexity index is 346. The van der Waals surface area contributed by atoms with Crippen LogP contribution in [0, 0.1) is 0 Å². The second-order valence-electron chi connectivity index (χ2n) is 4.62. The third-order valence-electron chi connectivity index (χ3n) is 3.02. The summed E-state index contributed by atoms with van der Waals surface area (Å²) >= 11 is 1.82. The molecule has 0 bridgehead atoms. The van der Waals surface area contributed by atoms with Gasteiger partial charge in [0.25, 0.3) is 0 Å². The highest BCUT2D eigenvalue weighted by Gasteiger charge is 2.09. The Kier molecular flexibility index (Phi) is 6.80. The van der Waals surface area contributed by atoms with Crippen LogP contribution < -0.4 is 5.32 Å². The van der Waals surface area contributed by atoms with Crippen LogP contribution in [0.4, 0.5) is 0 Å². The van der Waals surface area contributed by atoms with Gasteiger partial charge in [0.05, 0.1) is 0 Å². The van der Waals surface area contributed by atoms with Gasteiger partial charge < -0.3 is 10.2 Å². The minimum Gasteiger partial charge on any atom is -0.356 e. The van der Waals surface area contributed by atoms with Gasteiger partial charge in [0.1, 0.15) is 0 Å². The minimum absolute atomic E-state index is 0.529. The molecule has 0 aliphatic rings.